The first-order chi connectivity index (χ1) is 17.5. The molecular weight excluding hydrogens is 514 g/mol. The van der Waals surface area contributed by atoms with Crippen molar-refractivity contribution in [3.63, 3.8) is 0 Å². The number of thiazole rings is 1. The van der Waals surface area contributed by atoms with Gasteiger partial charge in [-0.25, -0.2) is 8.42 Å². The van der Waals surface area contributed by atoms with Crippen molar-refractivity contribution in [2.75, 3.05) is 20.2 Å². The molecule has 1 fully saturated rings. The first-order valence-electron chi connectivity index (χ1n) is 12.0. The average molecular weight is 546 g/mol. The highest BCUT2D eigenvalue weighted by Crippen LogP contribution is 2.24. The highest BCUT2D eigenvalue weighted by Gasteiger charge is 2.32. The lowest BCUT2D eigenvalue weighted by molar-refractivity contribution is -0.141. The third-order valence-corrected chi connectivity index (χ3v) is 9.10. The van der Waals surface area contributed by atoms with Crippen LogP contribution in [0.4, 0.5) is 0 Å². The van der Waals surface area contributed by atoms with Gasteiger partial charge in [-0.1, -0.05) is 31.3 Å². The number of amides is 1. The molecule has 0 spiro atoms. The second kappa shape index (κ2) is 10.9. The number of hydrogen-bond donors (Lipinski definition) is 0. The highest BCUT2D eigenvalue weighted by molar-refractivity contribution is 7.89. The molecular formula is C26H31N3O6S2. The SMILES string of the molecule is COC(=O)Cn1c(=NC(=O)c2ccc(S(=O)(=O)N3CC(C)OC(C)C3)cc2)sc2cc(C(C)C)ccc21. The second-order valence-electron chi connectivity index (χ2n) is 9.45. The molecule has 3 aromatic rings. The lowest BCUT2D eigenvalue weighted by Gasteiger charge is -2.34. The van der Waals surface area contributed by atoms with E-state index in [1.54, 1.807) is 4.57 Å². The van der Waals surface area contributed by atoms with Gasteiger partial charge < -0.3 is 14.0 Å². The van der Waals surface area contributed by atoms with Crippen molar-refractivity contribution in [2.45, 2.75) is 57.3 Å². The normalized spacial score (nSPS) is 19.5. The van der Waals surface area contributed by atoms with Gasteiger partial charge in [-0.2, -0.15) is 9.30 Å². The second-order valence-corrected chi connectivity index (χ2v) is 12.4. The van der Waals surface area contributed by atoms with Crippen LogP contribution in [-0.4, -0.2) is 61.6 Å². The molecule has 11 heteroatoms. The van der Waals surface area contributed by atoms with Crippen molar-refractivity contribution in [3.05, 3.63) is 58.4 Å². The van der Waals surface area contributed by atoms with Crippen LogP contribution in [0.25, 0.3) is 10.2 Å². The van der Waals surface area contributed by atoms with Crippen LogP contribution in [0, 0.1) is 0 Å². The van der Waals surface area contributed by atoms with Crippen LogP contribution in [0.15, 0.2) is 52.4 Å². The summed E-state index contributed by atoms with van der Waals surface area (Å²) in [6.45, 7) is 8.32. The summed E-state index contributed by atoms with van der Waals surface area (Å²) in [6, 6.07) is 11.7. The first kappa shape index (κ1) is 27.2. The van der Waals surface area contributed by atoms with Crippen LogP contribution in [0.1, 0.15) is 49.5 Å². The predicted molar refractivity (Wildman–Crippen MR) is 141 cm³/mol. The van der Waals surface area contributed by atoms with E-state index in [1.807, 2.05) is 32.0 Å². The number of nitrogens with zero attached hydrogens (tertiary/aromatic N) is 3. The number of aromatic nitrogens is 1. The highest BCUT2D eigenvalue weighted by atomic mass is 32.2. The summed E-state index contributed by atoms with van der Waals surface area (Å²) in [4.78, 5) is 29.9. The fraction of sp³-hybridized carbons (Fsp3) is 0.423. The smallest absolute Gasteiger partial charge is 0.325 e. The number of benzene rings is 2. The molecule has 0 radical (unpaired) electrons. The fourth-order valence-electron chi connectivity index (χ4n) is 4.28. The van der Waals surface area contributed by atoms with E-state index in [1.165, 1.54) is 47.0 Å². The van der Waals surface area contributed by atoms with Gasteiger partial charge in [-0.3, -0.25) is 9.59 Å². The largest absolute Gasteiger partial charge is 0.468 e. The average Bonchev–Trinajstić information content (AvgIpc) is 3.19. The zero-order chi connectivity index (χ0) is 26.9. The summed E-state index contributed by atoms with van der Waals surface area (Å²) in [5, 5.41) is 0. The van der Waals surface area contributed by atoms with Crippen LogP contribution in [0.3, 0.4) is 0 Å². The summed E-state index contributed by atoms with van der Waals surface area (Å²) in [6.07, 6.45) is -0.402. The van der Waals surface area contributed by atoms with E-state index in [0.717, 1.165) is 15.8 Å². The van der Waals surface area contributed by atoms with Gasteiger partial charge in [0, 0.05) is 18.7 Å². The van der Waals surface area contributed by atoms with Crippen LogP contribution in [0.5, 0.6) is 0 Å². The molecule has 0 bridgehead atoms. The maximum atomic E-state index is 13.1. The third kappa shape index (κ3) is 5.85. The first-order valence-corrected chi connectivity index (χ1v) is 14.3. The number of hydrogen-bond acceptors (Lipinski definition) is 7. The van der Waals surface area contributed by atoms with Crippen molar-refractivity contribution in [1.82, 2.24) is 8.87 Å². The van der Waals surface area contributed by atoms with Crippen LogP contribution in [0.2, 0.25) is 0 Å². The Balaban J connectivity index is 1.67. The molecule has 2 aromatic carbocycles. The Bertz CT molecular complexity index is 1480. The van der Waals surface area contributed by atoms with Gasteiger partial charge in [0.1, 0.15) is 6.54 Å². The van der Waals surface area contributed by atoms with Crippen LogP contribution in [-0.2, 0) is 30.8 Å². The summed E-state index contributed by atoms with van der Waals surface area (Å²) in [7, 11) is -2.41. The van der Waals surface area contributed by atoms with E-state index in [2.05, 4.69) is 18.8 Å². The zero-order valence-corrected chi connectivity index (χ0v) is 23.1. The van der Waals surface area contributed by atoms with Gasteiger partial charge in [-0.05, 0) is 61.7 Å². The number of morpholine rings is 1. The molecule has 1 aromatic heterocycles. The van der Waals surface area contributed by atoms with Gasteiger partial charge in [0.2, 0.25) is 10.0 Å². The fourth-order valence-corrected chi connectivity index (χ4v) is 6.94. The Labute approximate surface area is 220 Å². The molecule has 1 aliphatic heterocycles. The van der Waals surface area contributed by atoms with Crippen molar-refractivity contribution in [2.24, 2.45) is 4.99 Å². The van der Waals surface area contributed by atoms with Gasteiger partial charge in [0.15, 0.2) is 4.80 Å². The number of carbonyl (C=O) groups excluding carboxylic acids is 2. The molecule has 37 heavy (non-hydrogen) atoms. The van der Waals surface area contributed by atoms with Gasteiger partial charge >= 0.3 is 5.97 Å². The number of ether oxygens (including phenoxy) is 2. The maximum Gasteiger partial charge on any atom is 0.325 e. The molecule has 2 heterocycles. The van der Waals surface area contributed by atoms with E-state index in [0.29, 0.717) is 10.7 Å². The number of carbonyl (C=O) groups is 2. The molecule has 0 aliphatic carbocycles. The summed E-state index contributed by atoms with van der Waals surface area (Å²) in [5.74, 6) is -0.670. The Hall–Kier alpha value is -2.86. The third-order valence-electron chi connectivity index (χ3n) is 6.21. The predicted octanol–water partition coefficient (Wildman–Crippen LogP) is 3.54. The Morgan fingerprint density at radius 3 is 2.35 bits per heavy atom. The van der Waals surface area contributed by atoms with Gasteiger partial charge in [0.05, 0.1) is 34.4 Å². The van der Waals surface area contributed by atoms with Gasteiger partial charge in [0.25, 0.3) is 5.91 Å². The van der Waals surface area contributed by atoms with E-state index in [4.69, 9.17) is 9.47 Å². The van der Waals surface area contributed by atoms with Crippen LogP contribution >= 0.6 is 11.3 Å². The number of rotatable bonds is 6. The molecule has 1 amide bonds. The van der Waals surface area contributed by atoms with Crippen molar-refractivity contribution in [1.29, 1.82) is 0 Å². The zero-order valence-electron chi connectivity index (χ0n) is 21.5. The van der Waals surface area contributed by atoms with E-state index in [9.17, 15) is 18.0 Å². The summed E-state index contributed by atoms with van der Waals surface area (Å²) < 4.78 is 40.7. The minimum atomic E-state index is -3.72. The molecule has 1 saturated heterocycles. The minimum Gasteiger partial charge on any atom is -0.468 e. The minimum absolute atomic E-state index is 0.0861. The van der Waals surface area contributed by atoms with Gasteiger partial charge in [-0.15, -0.1) is 0 Å². The Morgan fingerprint density at radius 2 is 1.76 bits per heavy atom. The summed E-state index contributed by atoms with van der Waals surface area (Å²) >= 11 is 1.31. The number of fused-ring (bicyclic) bond motifs is 1. The number of sulfonamides is 1. The Kier molecular flexibility index (Phi) is 7.98. The lowest BCUT2D eigenvalue weighted by Crippen LogP contribution is -2.48. The number of esters is 1. The summed E-state index contributed by atoms with van der Waals surface area (Å²) in [5.41, 5.74) is 2.16. The quantitative estimate of drug-likeness (QED) is 0.439. The van der Waals surface area contributed by atoms with Crippen molar-refractivity contribution < 1.29 is 27.5 Å². The molecule has 198 valence electrons. The van der Waals surface area contributed by atoms with Crippen molar-refractivity contribution in [3.8, 4) is 0 Å². The lowest BCUT2D eigenvalue weighted by atomic mass is 10.0. The molecule has 0 N–H and O–H groups in total. The Morgan fingerprint density at radius 1 is 1.11 bits per heavy atom. The molecule has 9 nitrogen and oxygen atoms in total. The number of methoxy groups -OCH3 is 1. The van der Waals surface area contributed by atoms with E-state index < -0.39 is 21.9 Å². The standard InChI is InChI=1S/C26H31N3O6S2/c1-16(2)20-8-11-22-23(12-20)36-26(29(22)15-24(30)34-5)27-25(31)19-6-9-21(10-7-19)37(32,33)28-13-17(3)35-18(4)14-28/h6-12,16-18H,13-15H2,1-5H3. The molecule has 1 aliphatic rings. The molecule has 2 atom stereocenters. The van der Waals surface area contributed by atoms with Crippen LogP contribution < -0.4 is 4.80 Å². The van der Waals surface area contributed by atoms with E-state index in [-0.39, 0.29) is 42.3 Å². The maximum absolute atomic E-state index is 13.1. The topological polar surface area (TPSA) is 107 Å². The van der Waals surface area contributed by atoms with E-state index >= 15 is 0 Å². The van der Waals surface area contributed by atoms with Crippen molar-refractivity contribution >= 4 is 43.5 Å². The molecule has 4 rings (SSSR count). The monoisotopic (exact) mass is 545 g/mol. The molecule has 2 unspecified atom stereocenters. The molecule has 0 saturated carbocycles.